The highest BCUT2D eigenvalue weighted by molar-refractivity contribution is 6.34. The van der Waals surface area contributed by atoms with Crippen LogP contribution < -0.4 is 20.1 Å². The summed E-state index contributed by atoms with van der Waals surface area (Å²) in [5, 5.41) is 10.2. The fourth-order valence-corrected chi connectivity index (χ4v) is 3.03. The molecule has 0 unspecified atom stereocenters. The predicted octanol–water partition coefficient (Wildman–Crippen LogP) is 3.40. The number of anilines is 1. The van der Waals surface area contributed by atoms with E-state index >= 15 is 0 Å². The number of rotatable bonds is 10. The molecule has 31 heavy (non-hydrogen) atoms. The third-order valence-electron chi connectivity index (χ3n) is 4.36. The summed E-state index contributed by atoms with van der Waals surface area (Å²) in [6.07, 6.45) is 0. The van der Waals surface area contributed by atoms with Gasteiger partial charge in [0, 0.05) is 24.9 Å². The Labute approximate surface area is 184 Å². The molecule has 0 bridgehead atoms. The molecular weight excluding hydrogens is 424 g/mol. The third kappa shape index (κ3) is 5.65. The lowest BCUT2D eigenvalue weighted by Gasteiger charge is -2.09. The maximum atomic E-state index is 12.1. The van der Waals surface area contributed by atoms with Gasteiger partial charge in [0.15, 0.2) is 11.5 Å². The molecule has 1 heterocycles. The molecule has 0 aliphatic carbocycles. The number of ether oxygens (including phenoxy) is 3. The number of halogens is 1. The zero-order chi connectivity index (χ0) is 22.2. The van der Waals surface area contributed by atoms with Gasteiger partial charge >= 0.3 is 0 Å². The summed E-state index contributed by atoms with van der Waals surface area (Å²) in [4.78, 5) is 16.5. The van der Waals surface area contributed by atoms with Gasteiger partial charge in [0.2, 0.25) is 11.7 Å². The van der Waals surface area contributed by atoms with E-state index in [0.29, 0.717) is 52.6 Å². The fraction of sp³-hybridized carbons (Fsp3) is 0.286. The highest BCUT2D eigenvalue weighted by Gasteiger charge is 2.13. The Hall–Kier alpha value is -3.30. The second-order valence-corrected chi connectivity index (χ2v) is 6.79. The van der Waals surface area contributed by atoms with Crippen LogP contribution in [0.5, 0.6) is 11.5 Å². The van der Waals surface area contributed by atoms with Crippen LogP contribution in [0, 0.1) is 0 Å². The first-order valence-corrected chi connectivity index (χ1v) is 9.79. The monoisotopic (exact) mass is 446 g/mol. The van der Waals surface area contributed by atoms with Gasteiger partial charge in [0.1, 0.15) is 0 Å². The van der Waals surface area contributed by atoms with Gasteiger partial charge in [-0.3, -0.25) is 4.79 Å². The molecule has 0 atom stereocenters. The summed E-state index contributed by atoms with van der Waals surface area (Å²) >= 11 is 6.25. The van der Waals surface area contributed by atoms with Crippen LogP contribution in [0.3, 0.4) is 0 Å². The second-order valence-electron chi connectivity index (χ2n) is 6.38. The molecule has 0 radical (unpaired) electrons. The summed E-state index contributed by atoms with van der Waals surface area (Å²) < 4.78 is 20.8. The van der Waals surface area contributed by atoms with Crippen LogP contribution in [0.2, 0.25) is 5.02 Å². The van der Waals surface area contributed by atoms with E-state index in [2.05, 4.69) is 20.8 Å². The standard InChI is InChI=1S/C21H23ClN4O5/c1-28-9-8-23-21(27)15-6-5-14(11-16(15)22)24-12-19-25-20(26-31-19)13-4-7-17(29-2)18(10-13)30-3/h4-7,10-11,24H,8-9,12H2,1-3H3,(H,23,27). The summed E-state index contributed by atoms with van der Waals surface area (Å²) in [5.41, 5.74) is 1.83. The number of methoxy groups -OCH3 is 3. The zero-order valence-corrected chi connectivity index (χ0v) is 18.2. The molecule has 3 rings (SSSR count). The highest BCUT2D eigenvalue weighted by Crippen LogP contribution is 2.31. The number of benzene rings is 2. The Balaban J connectivity index is 1.63. The Bertz CT molecular complexity index is 1040. The van der Waals surface area contributed by atoms with Crippen LogP contribution in [0.1, 0.15) is 16.2 Å². The van der Waals surface area contributed by atoms with E-state index in [1.54, 1.807) is 51.7 Å². The van der Waals surface area contributed by atoms with Gasteiger partial charge in [0.25, 0.3) is 5.91 Å². The number of carbonyl (C=O) groups is 1. The van der Waals surface area contributed by atoms with Crippen molar-refractivity contribution in [1.82, 2.24) is 15.5 Å². The molecule has 0 aliphatic heterocycles. The normalized spacial score (nSPS) is 10.6. The van der Waals surface area contributed by atoms with Gasteiger partial charge < -0.3 is 29.4 Å². The van der Waals surface area contributed by atoms with E-state index in [-0.39, 0.29) is 12.5 Å². The van der Waals surface area contributed by atoms with Crippen LogP contribution in [-0.4, -0.2) is 50.5 Å². The van der Waals surface area contributed by atoms with Crippen molar-refractivity contribution < 1.29 is 23.5 Å². The summed E-state index contributed by atoms with van der Waals surface area (Å²) in [7, 11) is 4.70. The van der Waals surface area contributed by atoms with E-state index in [9.17, 15) is 4.79 Å². The predicted molar refractivity (Wildman–Crippen MR) is 116 cm³/mol. The number of amides is 1. The van der Waals surface area contributed by atoms with Crippen molar-refractivity contribution in [2.45, 2.75) is 6.54 Å². The SMILES string of the molecule is COCCNC(=O)c1ccc(NCc2nc(-c3ccc(OC)c(OC)c3)no2)cc1Cl. The lowest BCUT2D eigenvalue weighted by molar-refractivity contribution is 0.0937. The number of hydrogen-bond acceptors (Lipinski definition) is 8. The number of nitrogens with one attached hydrogen (secondary N) is 2. The first-order chi connectivity index (χ1) is 15.0. The molecule has 0 saturated carbocycles. The lowest BCUT2D eigenvalue weighted by atomic mass is 10.2. The number of hydrogen-bond donors (Lipinski definition) is 2. The summed E-state index contributed by atoms with van der Waals surface area (Å²) in [5.74, 6) is 1.75. The Morgan fingerprint density at radius 2 is 1.90 bits per heavy atom. The van der Waals surface area contributed by atoms with Crippen molar-refractivity contribution in [1.29, 1.82) is 0 Å². The van der Waals surface area contributed by atoms with E-state index in [1.807, 2.05) is 6.07 Å². The van der Waals surface area contributed by atoms with Crippen LogP contribution >= 0.6 is 11.6 Å². The first-order valence-electron chi connectivity index (χ1n) is 9.41. The largest absolute Gasteiger partial charge is 0.493 e. The number of nitrogens with zero attached hydrogens (tertiary/aromatic N) is 2. The average molecular weight is 447 g/mol. The molecule has 0 aliphatic rings. The number of carbonyl (C=O) groups excluding carboxylic acids is 1. The smallest absolute Gasteiger partial charge is 0.252 e. The van der Waals surface area contributed by atoms with E-state index < -0.39 is 0 Å². The maximum Gasteiger partial charge on any atom is 0.252 e. The number of aromatic nitrogens is 2. The van der Waals surface area contributed by atoms with Gasteiger partial charge in [-0.25, -0.2) is 0 Å². The average Bonchev–Trinajstić information content (AvgIpc) is 3.26. The minimum Gasteiger partial charge on any atom is -0.493 e. The van der Waals surface area contributed by atoms with Gasteiger partial charge in [-0.1, -0.05) is 16.8 Å². The lowest BCUT2D eigenvalue weighted by Crippen LogP contribution is -2.27. The van der Waals surface area contributed by atoms with Crippen molar-refractivity contribution in [3.8, 4) is 22.9 Å². The van der Waals surface area contributed by atoms with Crippen LogP contribution in [0.15, 0.2) is 40.9 Å². The molecule has 2 aromatic carbocycles. The van der Waals surface area contributed by atoms with Crippen molar-refractivity contribution in [3.63, 3.8) is 0 Å². The van der Waals surface area contributed by atoms with Crippen LogP contribution in [0.4, 0.5) is 5.69 Å². The van der Waals surface area contributed by atoms with Gasteiger partial charge in [-0.2, -0.15) is 4.98 Å². The van der Waals surface area contributed by atoms with Crippen molar-refractivity contribution in [2.24, 2.45) is 0 Å². The topological polar surface area (TPSA) is 108 Å². The van der Waals surface area contributed by atoms with Crippen LogP contribution in [-0.2, 0) is 11.3 Å². The minimum absolute atomic E-state index is 0.259. The molecule has 164 valence electrons. The first kappa shape index (κ1) is 22.4. The van der Waals surface area contributed by atoms with Crippen molar-refractivity contribution in [3.05, 3.63) is 52.9 Å². The Kier molecular flexibility index (Phi) is 7.69. The second kappa shape index (κ2) is 10.6. The Morgan fingerprint density at radius 3 is 2.61 bits per heavy atom. The molecule has 0 spiro atoms. The fourth-order valence-electron chi connectivity index (χ4n) is 2.77. The van der Waals surface area contributed by atoms with E-state index in [4.69, 9.17) is 30.3 Å². The molecule has 3 aromatic rings. The molecular formula is C21H23ClN4O5. The van der Waals surface area contributed by atoms with Crippen LogP contribution in [0.25, 0.3) is 11.4 Å². The van der Waals surface area contributed by atoms with Crippen molar-refractivity contribution >= 4 is 23.2 Å². The molecule has 0 saturated heterocycles. The summed E-state index contributed by atoms with van der Waals surface area (Å²) in [6, 6.07) is 10.4. The zero-order valence-electron chi connectivity index (χ0n) is 17.4. The molecule has 1 aromatic heterocycles. The molecule has 9 nitrogen and oxygen atoms in total. The van der Waals surface area contributed by atoms with Gasteiger partial charge in [0.05, 0.1) is 38.0 Å². The molecule has 10 heteroatoms. The third-order valence-corrected chi connectivity index (χ3v) is 4.67. The highest BCUT2D eigenvalue weighted by atomic mass is 35.5. The quantitative estimate of drug-likeness (QED) is 0.456. The van der Waals surface area contributed by atoms with Crippen molar-refractivity contribution in [2.75, 3.05) is 39.8 Å². The van der Waals surface area contributed by atoms with E-state index in [0.717, 1.165) is 5.56 Å². The molecule has 2 N–H and O–H groups in total. The van der Waals surface area contributed by atoms with Gasteiger partial charge in [-0.05, 0) is 36.4 Å². The molecule has 1 amide bonds. The maximum absolute atomic E-state index is 12.1. The van der Waals surface area contributed by atoms with Gasteiger partial charge in [-0.15, -0.1) is 0 Å². The van der Waals surface area contributed by atoms with E-state index in [1.165, 1.54) is 0 Å². The Morgan fingerprint density at radius 1 is 1.10 bits per heavy atom. The minimum atomic E-state index is -0.259. The molecule has 0 fully saturated rings. The summed E-state index contributed by atoms with van der Waals surface area (Å²) in [6.45, 7) is 1.12.